The van der Waals surface area contributed by atoms with Gasteiger partial charge in [-0.15, -0.1) is 0 Å². The number of benzene rings is 2. The number of phenols is 1. The average Bonchev–Trinajstić information content (AvgIpc) is 2.73. The van der Waals surface area contributed by atoms with Gasteiger partial charge >= 0.3 is 6.09 Å². The second-order valence-corrected chi connectivity index (χ2v) is 7.75. The molecule has 0 saturated carbocycles. The van der Waals surface area contributed by atoms with Crippen LogP contribution in [0.3, 0.4) is 0 Å². The predicted molar refractivity (Wildman–Crippen MR) is 110 cm³/mol. The first-order valence-electron chi connectivity index (χ1n) is 9.41. The van der Waals surface area contributed by atoms with E-state index in [2.05, 4.69) is 9.88 Å². The summed E-state index contributed by atoms with van der Waals surface area (Å²) in [7, 11) is 0. The predicted octanol–water partition coefficient (Wildman–Crippen LogP) is 3.96. The highest BCUT2D eigenvalue weighted by atomic mass is 35.5. The Hall–Kier alpha value is -3.26. The lowest BCUT2D eigenvalue weighted by atomic mass is 9.99. The van der Waals surface area contributed by atoms with E-state index in [9.17, 15) is 19.4 Å². The van der Waals surface area contributed by atoms with E-state index in [1.54, 1.807) is 18.3 Å². The number of hydrogen-bond donors (Lipinski definition) is 2. The third kappa shape index (κ3) is 2.87. The van der Waals surface area contributed by atoms with Gasteiger partial charge in [0.25, 0.3) is 0 Å². The van der Waals surface area contributed by atoms with E-state index in [0.717, 1.165) is 11.1 Å². The molecule has 1 amide bonds. The smallest absolute Gasteiger partial charge is 0.407 e. The SMILES string of the molecule is O=C(O)N1CCN2c3c(cnc4cc(-c5c(O)cccc5F)c(Cl)cc34)OC[C@H]2C1. The maximum atomic E-state index is 14.4. The zero-order valence-corrected chi connectivity index (χ0v) is 16.4. The summed E-state index contributed by atoms with van der Waals surface area (Å²) >= 11 is 6.51. The molecule has 0 radical (unpaired) electrons. The summed E-state index contributed by atoms with van der Waals surface area (Å²) in [6.07, 6.45) is 0.661. The van der Waals surface area contributed by atoms with Crippen molar-refractivity contribution in [1.82, 2.24) is 9.88 Å². The number of carbonyl (C=O) groups is 1. The van der Waals surface area contributed by atoms with Crippen molar-refractivity contribution >= 4 is 34.3 Å². The van der Waals surface area contributed by atoms with Crippen molar-refractivity contribution in [2.24, 2.45) is 0 Å². The Labute approximate surface area is 175 Å². The minimum Gasteiger partial charge on any atom is -0.507 e. The number of pyridine rings is 1. The molecule has 154 valence electrons. The zero-order chi connectivity index (χ0) is 21.0. The van der Waals surface area contributed by atoms with Crippen molar-refractivity contribution < 1.29 is 24.1 Å². The van der Waals surface area contributed by atoms with Gasteiger partial charge in [0.15, 0.2) is 5.75 Å². The summed E-state index contributed by atoms with van der Waals surface area (Å²) in [6.45, 7) is 1.59. The Morgan fingerprint density at radius 3 is 2.90 bits per heavy atom. The summed E-state index contributed by atoms with van der Waals surface area (Å²) in [5.41, 5.74) is 1.73. The number of hydrogen-bond acceptors (Lipinski definition) is 5. The van der Waals surface area contributed by atoms with E-state index in [-0.39, 0.29) is 22.4 Å². The molecule has 1 saturated heterocycles. The van der Waals surface area contributed by atoms with E-state index in [0.29, 0.717) is 43.1 Å². The van der Waals surface area contributed by atoms with Crippen LogP contribution in [0.5, 0.6) is 11.5 Å². The fourth-order valence-corrected chi connectivity index (χ4v) is 4.46. The highest BCUT2D eigenvalue weighted by molar-refractivity contribution is 6.34. The number of nitrogens with zero attached hydrogens (tertiary/aromatic N) is 3. The van der Waals surface area contributed by atoms with Crippen molar-refractivity contribution in [3.8, 4) is 22.6 Å². The van der Waals surface area contributed by atoms with Crippen LogP contribution in [-0.4, -0.2) is 58.5 Å². The van der Waals surface area contributed by atoms with Crippen molar-refractivity contribution in [3.63, 3.8) is 0 Å². The highest BCUT2D eigenvalue weighted by Crippen LogP contribution is 2.44. The topological polar surface area (TPSA) is 86.1 Å². The maximum absolute atomic E-state index is 14.4. The van der Waals surface area contributed by atoms with Crippen LogP contribution >= 0.6 is 11.6 Å². The molecule has 2 aliphatic rings. The van der Waals surface area contributed by atoms with Gasteiger partial charge in [-0.25, -0.2) is 9.18 Å². The first kappa shape index (κ1) is 18.7. The molecule has 2 aliphatic heterocycles. The number of aromatic nitrogens is 1. The van der Waals surface area contributed by atoms with Gasteiger partial charge in [0, 0.05) is 35.6 Å². The van der Waals surface area contributed by atoms with Crippen LogP contribution in [0.1, 0.15) is 0 Å². The quantitative estimate of drug-likeness (QED) is 0.609. The van der Waals surface area contributed by atoms with Gasteiger partial charge in [0.1, 0.15) is 18.2 Å². The fraction of sp³-hybridized carbons (Fsp3) is 0.238. The molecular formula is C21H17ClFN3O4. The lowest BCUT2D eigenvalue weighted by Gasteiger charge is -2.45. The van der Waals surface area contributed by atoms with E-state index < -0.39 is 11.9 Å². The van der Waals surface area contributed by atoms with Crippen LogP contribution in [0.2, 0.25) is 5.02 Å². The van der Waals surface area contributed by atoms with Crippen LogP contribution < -0.4 is 9.64 Å². The van der Waals surface area contributed by atoms with Gasteiger partial charge < -0.3 is 24.7 Å². The van der Waals surface area contributed by atoms with Crippen molar-refractivity contribution in [1.29, 1.82) is 0 Å². The third-order valence-corrected chi connectivity index (χ3v) is 5.94. The summed E-state index contributed by atoms with van der Waals surface area (Å²) < 4.78 is 20.2. The van der Waals surface area contributed by atoms with Gasteiger partial charge in [0.05, 0.1) is 29.0 Å². The van der Waals surface area contributed by atoms with Gasteiger partial charge in [0.2, 0.25) is 0 Å². The Balaban J connectivity index is 1.64. The highest BCUT2D eigenvalue weighted by Gasteiger charge is 2.36. The number of amides is 1. The molecule has 1 atom stereocenters. The summed E-state index contributed by atoms with van der Waals surface area (Å²) in [5.74, 6) is -0.190. The van der Waals surface area contributed by atoms with Crippen LogP contribution in [0, 0.1) is 5.82 Å². The van der Waals surface area contributed by atoms with Crippen LogP contribution in [0.4, 0.5) is 14.9 Å². The number of fused-ring (bicyclic) bond motifs is 5. The minimum atomic E-state index is -0.947. The van der Waals surface area contributed by atoms with Crippen LogP contribution in [0.25, 0.3) is 22.0 Å². The standard InChI is InChI=1S/C21H17ClFN3O4/c22-14-6-13-16(7-12(14)19-15(23)2-1-3-17(19)27)24-8-18-20(13)26-5-4-25(21(28)29)9-11(26)10-30-18/h1-3,6-8,11,27H,4-5,9-10H2,(H,28,29)/t11-/m1/s1. The van der Waals surface area contributed by atoms with Gasteiger partial charge in [-0.3, -0.25) is 4.98 Å². The second-order valence-electron chi connectivity index (χ2n) is 7.34. The first-order chi connectivity index (χ1) is 14.4. The van der Waals surface area contributed by atoms with Crippen LogP contribution in [-0.2, 0) is 0 Å². The van der Waals surface area contributed by atoms with Crippen molar-refractivity contribution in [2.45, 2.75) is 6.04 Å². The Morgan fingerprint density at radius 1 is 1.30 bits per heavy atom. The van der Waals surface area contributed by atoms with E-state index >= 15 is 0 Å². The van der Waals surface area contributed by atoms with Gasteiger partial charge in [-0.2, -0.15) is 0 Å². The fourth-order valence-electron chi connectivity index (χ4n) is 4.21. The van der Waals surface area contributed by atoms with E-state index in [4.69, 9.17) is 16.3 Å². The largest absolute Gasteiger partial charge is 0.507 e. The lowest BCUT2D eigenvalue weighted by Crippen LogP contribution is -2.58. The number of aromatic hydroxyl groups is 1. The Morgan fingerprint density at radius 2 is 2.13 bits per heavy atom. The molecule has 3 heterocycles. The van der Waals surface area contributed by atoms with Gasteiger partial charge in [-0.1, -0.05) is 17.7 Å². The molecule has 0 bridgehead atoms. The first-order valence-corrected chi connectivity index (χ1v) is 9.79. The zero-order valence-electron chi connectivity index (χ0n) is 15.7. The summed E-state index contributed by atoms with van der Waals surface area (Å²) in [6, 6.07) is 7.30. The molecule has 1 aromatic heterocycles. The molecule has 0 aliphatic carbocycles. The number of rotatable bonds is 1. The number of carboxylic acid groups (broad SMARTS) is 1. The van der Waals surface area contributed by atoms with E-state index in [1.165, 1.54) is 23.1 Å². The Kier molecular flexibility index (Phi) is 4.32. The molecule has 7 nitrogen and oxygen atoms in total. The molecule has 30 heavy (non-hydrogen) atoms. The number of ether oxygens (including phenoxy) is 1. The molecule has 0 unspecified atom stereocenters. The molecule has 9 heteroatoms. The lowest BCUT2D eigenvalue weighted by molar-refractivity contribution is 0.123. The van der Waals surface area contributed by atoms with Crippen molar-refractivity contribution in [3.05, 3.63) is 47.4 Å². The monoisotopic (exact) mass is 429 g/mol. The van der Waals surface area contributed by atoms with Crippen molar-refractivity contribution in [2.75, 3.05) is 31.1 Å². The van der Waals surface area contributed by atoms with Gasteiger partial charge in [-0.05, 0) is 24.3 Å². The number of anilines is 1. The normalized spacial score (nSPS) is 18.0. The third-order valence-electron chi connectivity index (χ3n) is 5.63. The molecule has 0 spiro atoms. The molecule has 2 aromatic carbocycles. The second kappa shape index (κ2) is 6.91. The summed E-state index contributed by atoms with van der Waals surface area (Å²) in [5, 5.41) is 20.5. The molecule has 1 fully saturated rings. The number of piperazine rings is 1. The maximum Gasteiger partial charge on any atom is 0.407 e. The van der Waals surface area contributed by atoms with E-state index in [1.807, 2.05) is 0 Å². The average molecular weight is 430 g/mol. The molecule has 3 aromatic rings. The Bertz CT molecular complexity index is 1170. The number of halogens is 2. The molecule has 2 N–H and O–H groups in total. The van der Waals surface area contributed by atoms with Crippen LogP contribution in [0.15, 0.2) is 36.5 Å². The number of phenolic OH excluding ortho intramolecular Hbond substituents is 1. The minimum absolute atomic E-state index is 0.0214. The summed E-state index contributed by atoms with van der Waals surface area (Å²) in [4.78, 5) is 19.3. The molecule has 5 rings (SSSR count). The molecular weight excluding hydrogens is 413 g/mol.